The summed E-state index contributed by atoms with van der Waals surface area (Å²) in [4.78, 5) is 13.2. The zero-order valence-corrected chi connectivity index (χ0v) is 17.8. The van der Waals surface area contributed by atoms with Crippen molar-refractivity contribution in [3.63, 3.8) is 0 Å². The van der Waals surface area contributed by atoms with Gasteiger partial charge in [0.1, 0.15) is 5.78 Å². The highest BCUT2D eigenvalue weighted by Crippen LogP contribution is 2.75. The number of carbonyl (C=O) groups excluding carboxylic acids is 1. The quantitative estimate of drug-likeness (QED) is 0.514. The Hall–Kier alpha value is -0.590. The van der Waals surface area contributed by atoms with E-state index < -0.39 is 0 Å². The molecule has 0 aliphatic heterocycles. The Morgan fingerprint density at radius 3 is 2.54 bits per heavy atom. The van der Waals surface area contributed by atoms with Crippen molar-refractivity contribution in [3.05, 3.63) is 12.7 Å². The van der Waals surface area contributed by atoms with Crippen LogP contribution in [0.5, 0.6) is 0 Å². The minimum atomic E-state index is -0.0107. The molecule has 146 valence electrons. The van der Waals surface area contributed by atoms with E-state index in [0.29, 0.717) is 28.4 Å². The molecule has 4 aliphatic rings. The van der Waals surface area contributed by atoms with Crippen LogP contribution in [0.2, 0.25) is 0 Å². The summed E-state index contributed by atoms with van der Waals surface area (Å²) >= 11 is 0. The molecule has 1 nitrogen and oxygen atoms in total. The predicted octanol–water partition coefficient (Wildman–Crippen LogP) is 6.67. The van der Waals surface area contributed by atoms with Crippen molar-refractivity contribution in [1.82, 2.24) is 0 Å². The van der Waals surface area contributed by atoms with Gasteiger partial charge in [0.25, 0.3) is 0 Å². The van der Waals surface area contributed by atoms with Gasteiger partial charge in [0.2, 0.25) is 0 Å². The van der Waals surface area contributed by atoms with Crippen molar-refractivity contribution >= 4 is 5.78 Å². The van der Waals surface area contributed by atoms with Crippen molar-refractivity contribution in [2.45, 2.75) is 86.0 Å². The molecular weight excluding hydrogens is 316 g/mol. The van der Waals surface area contributed by atoms with Crippen molar-refractivity contribution < 1.29 is 4.79 Å². The SMILES string of the molecule is C=C[C@@H]1[C@H](C(C)C)CC[C@]1(C)C[C@@H]1CC(=O)[C@]2(C)CC[C@H]3[C@H](C)CC[C@]132. The summed E-state index contributed by atoms with van der Waals surface area (Å²) in [7, 11) is 0. The number of ketones is 1. The lowest BCUT2D eigenvalue weighted by molar-refractivity contribution is -0.128. The summed E-state index contributed by atoms with van der Waals surface area (Å²) in [5.74, 6) is 4.99. The van der Waals surface area contributed by atoms with Crippen molar-refractivity contribution in [2.24, 2.45) is 51.8 Å². The molecule has 1 heteroatoms. The molecule has 0 N–H and O–H groups in total. The lowest BCUT2D eigenvalue weighted by atomic mass is 9.58. The number of hydrogen-bond donors (Lipinski definition) is 0. The van der Waals surface area contributed by atoms with Crippen LogP contribution in [-0.2, 0) is 4.79 Å². The first kappa shape index (κ1) is 18.8. The van der Waals surface area contributed by atoms with E-state index in [0.717, 1.165) is 36.5 Å². The molecule has 4 aliphatic carbocycles. The molecule has 4 saturated carbocycles. The molecule has 0 saturated heterocycles. The second-order valence-corrected chi connectivity index (χ2v) is 11.4. The van der Waals surface area contributed by atoms with E-state index in [4.69, 9.17) is 0 Å². The van der Waals surface area contributed by atoms with Crippen LogP contribution in [-0.4, -0.2) is 5.78 Å². The fourth-order valence-corrected chi connectivity index (χ4v) is 8.87. The van der Waals surface area contributed by atoms with Crippen LogP contribution in [0.4, 0.5) is 0 Å². The van der Waals surface area contributed by atoms with E-state index in [1.807, 2.05) is 0 Å². The minimum absolute atomic E-state index is 0.0107. The number of allylic oxidation sites excluding steroid dienone is 1. The topological polar surface area (TPSA) is 17.1 Å². The first-order chi connectivity index (χ1) is 12.2. The first-order valence-corrected chi connectivity index (χ1v) is 11.4. The van der Waals surface area contributed by atoms with Crippen LogP contribution in [0.1, 0.15) is 86.0 Å². The molecule has 8 atom stereocenters. The third kappa shape index (κ3) is 2.18. The van der Waals surface area contributed by atoms with Crippen molar-refractivity contribution in [1.29, 1.82) is 0 Å². The highest BCUT2D eigenvalue weighted by Gasteiger charge is 2.71. The van der Waals surface area contributed by atoms with Gasteiger partial charge >= 0.3 is 0 Å². The highest BCUT2D eigenvalue weighted by atomic mass is 16.1. The minimum Gasteiger partial charge on any atom is -0.299 e. The monoisotopic (exact) mass is 356 g/mol. The van der Waals surface area contributed by atoms with Gasteiger partial charge in [-0.1, -0.05) is 40.7 Å². The average molecular weight is 357 g/mol. The second-order valence-electron chi connectivity index (χ2n) is 11.4. The Bertz CT molecular complexity index is 605. The molecule has 4 rings (SSSR count). The van der Waals surface area contributed by atoms with Gasteiger partial charge in [-0.2, -0.15) is 0 Å². The number of Topliss-reactive ketones (excluding diaryl/α,β-unsaturated/α-hetero) is 1. The van der Waals surface area contributed by atoms with Crippen molar-refractivity contribution in [3.8, 4) is 0 Å². The largest absolute Gasteiger partial charge is 0.299 e. The second kappa shape index (κ2) is 5.95. The maximum atomic E-state index is 13.2. The fourth-order valence-electron chi connectivity index (χ4n) is 8.87. The summed E-state index contributed by atoms with van der Waals surface area (Å²) in [6, 6.07) is 0. The predicted molar refractivity (Wildman–Crippen MR) is 109 cm³/mol. The number of rotatable bonds is 4. The van der Waals surface area contributed by atoms with E-state index in [9.17, 15) is 4.79 Å². The lowest BCUT2D eigenvalue weighted by Gasteiger charge is -2.45. The average Bonchev–Trinajstić information content (AvgIpc) is 3.23. The van der Waals surface area contributed by atoms with Crippen LogP contribution >= 0.6 is 0 Å². The Labute approximate surface area is 161 Å². The zero-order valence-electron chi connectivity index (χ0n) is 17.8. The Kier molecular flexibility index (Phi) is 4.29. The summed E-state index contributed by atoms with van der Waals surface area (Å²) in [5.41, 5.74) is 0.665. The molecule has 0 bridgehead atoms. The summed E-state index contributed by atoms with van der Waals surface area (Å²) in [6.45, 7) is 16.4. The molecule has 26 heavy (non-hydrogen) atoms. The molecule has 0 unspecified atom stereocenters. The summed E-state index contributed by atoms with van der Waals surface area (Å²) < 4.78 is 0. The standard InChI is InChI=1S/C25H40O/c1-7-20-19(16(2)3)9-11-23(20,5)15-18-14-22(26)24(6)12-10-21-17(4)8-13-25(18,21)24/h7,16-21H,1,8-15H2,2-6H3/t17-,18+,19+,20-,21+,23-,24+,25+/m1/s1. The molecule has 0 amide bonds. The zero-order chi connectivity index (χ0) is 18.9. The van der Waals surface area contributed by atoms with Gasteiger partial charge < -0.3 is 0 Å². The van der Waals surface area contributed by atoms with Crippen LogP contribution < -0.4 is 0 Å². The normalized spacial score (nSPS) is 53.3. The van der Waals surface area contributed by atoms with Crippen LogP contribution in [0.3, 0.4) is 0 Å². The molecule has 4 fully saturated rings. The molecule has 0 aromatic carbocycles. The maximum absolute atomic E-state index is 13.2. The molecular formula is C25H40O. The van der Waals surface area contributed by atoms with Crippen LogP contribution in [0, 0.1) is 51.8 Å². The maximum Gasteiger partial charge on any atom is 0.139 e. The van der Waals surface area contributed by atoms with Gasteiger partial charge in [0, 0.05) is 11.8 Å². The fraction of sp³-hybridized carbons (Fsp3) is 0.880. The molecule has 0 aromatic heterocycles. The summed E-state index contributed by atoms with van der Waals surface area (Å²) in [5, 5.41) is 0. The Balaban J connectivity index is 1.66. The van der Waals surface area contributed by atoms with E-state index in [2.05, 4.69) is 47.3 Å². The summed E-state index contributed by atoms with van der Waals surface area (Å²) in [6.07, 6.45) is 12.2. The van der Waals surface area contributed by atoms with E-state index in [1.165, 1.54) is 38.5 Å². The Morgan fingerprint density at radius 1 is 1.15 bits per heavy atom. The van der Waals surface area contributed by atoms with Crippen LogP contribution in [0.15, 0.2) is 12.7 Å². The number of hydrogen-bond acceptors (Lipinski definition) is 1. The smallest absolute Gasteiger partial charge is 0.139 e. The lowest BCUT2D eigenvalue weighted by Crippen LogP contribution is -2.42. The highest BCUT2D eigenvalue weighted by molar-refractivity contribution is 5.89. The molecule has 0 heterocycles. The number of carbonyl (C=O) groups is 1. The van der Waals surface area contributed by atoms with Gasteiger partial charge in [-0.3, -0.25) is 4.79 Å². The van der Waals surface area contributed by atoms with Gasteiger partial charge in [0.05, 0.1) is 0 Å². The van der Waals surface area contributed by atoms with Gasteiger partial charge in [-0.05, 0) is 91.3 Å². The van der Waals surface area contributed by atoms with Gasteiger partial charge in [0.15, 0.2) is 0 Å². The molecule has 0 radical (unpaired) electrons. The van der Waals surface area contributed by atoms with E-state index in [-0.39, 0.29) is 5.41 Å². The van der Waals surface area contributed by atoms with Gasteiger partial charge in [-0.25, -0.2) is 0 Å². The van der Waals surface area contributed by atoms with E-state index in [1.54, 1.807) is 0 Å². The third-order valence-electron chi connectivity index (χ3n) is 10.3. The van der Waals surface area contributed by atoms with Crippen LogP contribution in [0.25, 0.3) is 0 Å². The first-order valence-electron chi connectivity index (χ1n) is 11.4. The van der Waals surface area contributed by atoms with Gasteiger partial charge in [-0.15, -0.1) is 6.58 Å². The molecule has 0 aromatic rings. The molecule has 1 spiro atoms. The van der Waals surface area contributed by atoms with E-state index >= 15 is 0 Å². The Morgan fingerprint density at radius 2 is 1.88 bits per heavy atom. The van der Waals surface area contributed by atoms with Crippen molar-refractivity contribution in [2.75, 3.05) is 0 Å². The third-order valence-corrected chi connectivity index (χ3v) is 10.3.